The largest absolute Gasteiger partial charge is 0.445 e. The van der Waals surface area contributed by atoms with Gasteiger partial charge in [-0.2, -0.15) is 0 Å². The Morgan fingerprint density at radius 2 is 1.81 bits per heavy atom. The Morgan fingerprint density at radius 3 is 2.41 bits per heavy atom. The summed E-state index contributed by atoms with van der Waals surface area (Å²) in [6, 6.07) is 9.46. The van der Waals surface area contributed by atoms with E-state index in [1.807, 2.05) is 30.3 Å². The van der Waals surface area contributed by atoms with E-state index in [1.165, 1.54) is 4.90 Å². The smallest absolute Gasteiger partial charge is 0.410 e. The first-order chi connectivity index (χ1) is 15.2. The van der Waals surface area contributed by atoms with Crippen LogP contribution in [0.3, 0.4) is 0 Å². The lowest BCUT2D eigenvalue weighted by Gasteiger charge is -2.40. The highest BCUT2D eigenvalue weighted by atomic mass is 32.2. The maximum Gasteiger partial charge on any atom is 0.410 e. The number of aliphatic hydroxyl groups is 1. The van der Waals surface area contributed by atoms with Gasteiger partial charge in [0.2, 0.25) is 0 Å². The third-order valence-corrected chi connectivity index (χ3v) is 9.64. The molecule has 1 saturated carbocycles. The van der Waals surface area contributed by atoms with Crippen LogP contribution in [0.25, 0.3) is 0 Å². The lowest BCUT2D eigenvalue weighted by Crippen LogP contribution is -2.51. The first kappa shape index (κ1) is 23.5. The van der Waals surface area contributed by atoms with Crippen LogP contribution in [-0.4, -0.2) is 72.5 Å². The molecule has 0 radical (unpaired) electrons. The van der Waals surface area contributed by atoms with Gasteiger partial charge in [0.25, 0.3) is 0 Å². The highest BCUT2D eigenvalue weighted by molar-refractivity contribution is 7.92. The molecule has 8 nitrogen and oxygen atoms in total. The lowest BCUT2D eigenvalue weighted by atomic mass is 9.82. The number of nitrogens with zero attached hydrogens (tertiary/aromatic N) is 1. The molecule has 3 N–H and O–H groups in total. The molecular weight excluding hydrogens is 432 g/mol. The van der Waals surface area contributed by atoms with Crippen LogP contribution in [0.5, 0.6) is 0 Å². The number of piperidine rings is 1. The monoisotopic (exact) mass is 466 g/mol. The maximum atomic E-state index is 13.1. The number of likely N-dealkylation sites (tertiary alicyclic amines) is 1. The van der Waals surface area contributed by atoms with Gasteiger partial charge in [0, 0.05) is 19.1 Å². The van der Waals surface area contributed by atoms with E-state index in [-0.39, 0.29) is 49.9 Å². The Bertz CT molecular complexity index is 890. The zero-order valence-corrected chi connectivity index (χ0v) is 19.3. The van der Waals surface area contributed by atoms with Crippen LogP contribution >= 0.6 is 0 Å². The molecule has 3 aliphatic rings. The number of sulfone groups is 1. The Hall–Kier alpha value is -1.68. The van der Waals surface area contributed by atoms with Crippen molar-refractivity contribution in [2.45, 2.75) is 74.0 Å². The molecule has 1 unspecified atom stereocenters. The van der Waals surface area contributed by atoms with E-state index in [1.54, 1.807) is 0 Å². The number of benzene rings is 1. The van der Waals surface area contributed by atoms with E-state index in [0.717, 1.165) is 12.0 Å². The second-order valence-electron chi connectivity index (χ2n) is 9.72. The standard InChI is InChI=1S/C23H34N2O6S/c24-19-14-23(31-16-19)8-6-20(7-9-23)32(28,29)17-22(27)10-12-25(13-11-22)21(26)30-15-18-4-2-1-3-5-18/h1-5,19-20,27H,6-17,24H2. The Morgan fingerprint density at radius 1 is 1.16 bits per heavy atom. The molecule has 4 rings (SSSR count). The number of rotatable bonds is 5. The van der Waals surface area contributed by atoms with Crippen LogP contribution in [0.15, 0.2) is 30.3 Å². The second-order valence-corrected chi connectivity index (χ2v) is 12.0. The molecule has 2 aliphatic heterocycles. The molecule has 32 heavy (non-hydrogen) atoms. The van der Waals surface area contributed by atoms with Crippen molar-refractivity contribution in [3.8, 4) is 0 Å². The molecule has 3 fully saturated rings. The molecule has 0 bridgehead atoms. The minimum absolute atomic E-state index is 0.0356. The van der Waals surface area contributed by atoms with Crippen LogP contribution in [-0.2, 0) is 25.9 Å². The fraction of sp³-hybridized carbons (Fsp3) is 0.696. The molecular formula is C23H34N2O6S. The summed E-state index contributed by atoms with van der Waals surface area (Å²) in [5, 5.41) is 10.5. The van der Waals surface area contributed by atoms with Crippen LogP contribution in [0, 0.1) is 0 Å². The second kappa shape index (κ2) is 9.29. The Balaban J connectivity index is 1.25. The summed E-state index contributed by atoms with van der Waals surface area (Å²) in [5.41, 5.74) is 5.31. The minimum atomic E-state index is -3.46. The number of hydrogen-bond acceptors (Lipinski definition) is 7. The maximum absolute atomic E-state index is 13.1. The summed E-state index contributed by atoms with van der Waals surface area (Å²) >= 11 is 0. The van der Waals surface area contributed by atoms with Crippen molar-refractivity contribution in [1.29, 1.82) is 0 Å². The van der Waals surface area contributed by atoms with Crippen LogP contribution in [0.2, 0.25) is 0 Å². The van der Waals surface area contributed by atoms with Crippen molar-refractivity contribution < 1.29 is 27.8 Å². The number of ether oxygens (including phenoxy) is 2. The van der Waals surface area contributed by atoms with E-state index in [0.29, 0.717) is 32.3 Å². The molecule has 1 spiro atoms. The van der Waals surface area contributed by atoms with E-state index < -0.39 is 26.8 Å². The highest BCUT2D eigenvalue weighted by Gasteiger charge is 2.46. The predicted octanol–water partition coefficient (Wildman–Crippen LogP) is 1.99. The van der Waals surface area contributed by atoms with E-state index >= 15 is 0 Å². The molecule has 1 aromatic carbocycles. The molecule has 2 heterocycles. The van der Waals surface area contributed by atoms with Gasteiger partial charge in [-0.05, 0) is 50.5 Å². The molecule has 2 saturated heterocycles. The van der Waals surface area contributed by atoms with Gasteiger partial charge in [-0.1, -0.05) is 30.3 Å². The molecule has 0 aromatic heterocycles. The Labute approximate surface area is 190 Å². The van der Waals surface area contributed by atoms with Gasteiger partial charge < -0.3 is 25.2 Å². The normalized spacial score (nSPS) is 30.4. The van der Waals surface area contributed by atoms with Crippen molar-refractivity contribution >= 4 is 15.9 Å². The molecule has 178 valence electrons. The zero-order valence-electron chi connectivity index (χ0n) is 18.4. The molecule has 1 atom stereocenters. The third kappa shape index (κ3) is 5.44. The van der Waals surface area contributed by atoms with Crippen molar-refractivity contribution in [2.75, 3.05) is 25.4 Å². The van der Waals surface area contributed by atoms with Gasteiger partial charge in [-0.25, -0.2) is 13.2 Å². The van der Waals surface area contributed by atoms with Crippen LogP contribution in [0.4, 0.5) is 4.79 Å². The average molecular weight is 467 g/mol. The average Bonchev–Trinajstić information content (AvgIpc) is 3.12. The Kier molecular flexibility index (Phi) is 6.81. The summed E-state index contributed by atoms with van der Waals surface area (Å²) in [6.07, 6.45) is 3.29. The van der Waals surface area contributed by atoms with Gasteiger partial charge in [-0.15, -0.1) is 0 Å². The summed E-state index contributed by atoms with van der Waals surface area (Å²) in [5.74, 6) is -0.259. The fourth-order valence-corrected chi connectivity index (χ4v) is 7.48. The quantitative estimate of drug-likeness (QED) is 0.681. The summed E-state index contributed by atoms with van der Waals surface area (Å²) in [4.78, 5) is 13.9. The highest BCUT2D eigenvalue weighted by Crippen LogP contribution is 2.41. The number of carbonyl (C=O) groups excluding carboxylic acids is 1. The van der Waals surface area contributed by atoms with Crippen molar-refractivity contribution in [2.24, 2.45) is 5.73 Å². The van der Waals surface area contributed by atoms with Gasteiger partial charge in [0.15, 0.2) is 9.84 Å². The third-order valence-electron chi connectivity index (χ3n) is 7.22. The zero-order chi connectivity index (χ0) is 22.8. The van der Waals surface area contributed by atoms with Crippen LogP contribution in [0.1, 0.15) is 50.5 Å². The number of hydrogen-bond donors (Lipinski definition) is 2. The SMILES string of the molecule is NC1COC2(CCC(S(=O)(=O)CC3(O)CCN(C(=O)OCc4ccccc4)CC3)CC2)C1. The molecule has 1 aliphatic carbocycles. The van der Waals surface area contributed by atoms with E-state index in [2.05, 4.69) is 0 Å². The molecule has 1 amide bonds. The topological polar surface area (TPSA) is 119 Å². The van der Waals surface area contributed by atoms with Gasteiger partial charge in [0.1, 0.15) is 6.61 Å². The van der Waals surface area contributed by atoms with Gasteiger partial charge in [-0.3, -0.25) is 0 Å². The van der Waals surface area contributed by atoms with Crippen molar-refractivity contribution in [1.82, 2.24) is 4.90 Å². The first-order valence-electron chi connectivity index (χ1n) is 11.5. The number of nitrogens with two attached hydrogens (primary N) is 1. The van der Waals surface area contributed by atoms with Crippen molar-refractivity contribution in [3.63, 3.8) is 0 Å². The molecule has 1 aromatic rings. The van der Waals surface area contributed by atoms with E-state index in [9.17, 15) is 18.3 Å². The first-order valence-corrected chi connectivity index (χ1v) is 13.2. The number of carbonyl (C=O) groups is 1. The number of amides is 1. The van der Waals surface area contributed by atoms with Crippen molar-refractivity contribution in [3.05, 3.63) is 35.9 Å². The van der Waals surface area contributed by atoms with Gasteiger partial charge in [0.05, 0.1) is 28.8 Å². The van der Waals surface area contributed by atoms with E-state index in [4.69, 9.17) is 15.2 Å². The van der Waals surface area contributed by atoms with Crippen LogP contribution < -0.4 is 5.73 Å². The van der Waals surface area contributed by atoms with Gasteiger partial charge >= 0.3 is 6.09 Å². The predicted molar refractivity (Wildman–Crippen MR) is 120 cm³/mol. The minimum Gasteiger partial charge on any atom is -0.445 e. The summed E-state index contributed by atoms with van der Waals surface area (Å²) in [7, 11) is -3.46. The lowest BCUT2D eigenvalue weighted by molar-refractivity contribution is -0.0241. The summed E-state index contributed by atoms with van der Waals surface area (Å²) in [6.45, 7) is 1.28. The fourth-order valence-electron chi connectivity index (χ4n) is 5.26. The summed E-state index contributed by atoms with van der Waals surface area (Å²) < 4.78 is 37.4. The molecule has 9 heteroatoms.